The average molecular weight is 390 g/mol. The van der Waals surface area contributed by atoms with Crippen LogP contribution in [0.3, 0.4) is 0 Å². The number of benzene rings is 2. The van der Waals surface area contributed by atoms with Gasteiger partial charge in [0.15, 0.2) is 17.3 Å². The number of allylic oxidation sites excluding steroid dienone is 2. The second-order valence-electron chi connectivity index (χ2n) is 6.28. The van der Waals surface area contributed by atoms with Crippen molar-refractivity contribution in [1.29, 1.82) is 0 Å². The molecular formula is C22H21F3O3. The van der Waals surface area contributed by atoms with Gasteiger partial charge < -0.3 is 9.47 Å². The van der Waals surface area contributed by atoms with Crippen LogP contribution in [0.1, 0.15) is 35.3 Å². The van der Waals surface area contributed by atoms with E-state index in [1.807, 2.05) is 19.9 Å². The van der Waals surface area contributed by atoms with Gasteiger partial charge in [0.05, 0.1) is 12.7 Å². The van der Waals surface area contributed by atoms with Gasteiger partial charge in [0.2, 0.25) is 0 Å². The maximum atomic E-state index is 12.6. The first kappa shape index (κ1) is 21.3. The Balaban J connectivity index is 2.11. The molecule has 148 valence electrons. The first-order valence-corrected chi connectivity index (χ1v) is 8.54. The van der Waals surface area contributed by atoms with E-state index in [9.17, 15) is 18.0 Å². The Morgan fingerprint density at radius 2 is 1.71 bits per heavy atom. The average Bonchev–Trinajstić information content (AvgIpc) is 2.65. The summed E-state index contributed by atoms with van der Waals surface area (Å²) < 4.78 is 48.6. The summed E-state index contributed by atoms with van der Waals surface area (Å²) >= 11 is 0. The zero-order valence-corrected chi connectivity index (χ0v) is 15.8. The molecule has 3 nitrogen and oxygen atoms in total. The van der Waals surface area contributed by atoms with Crippen molar-refractivity contribution in [3.63, 3.8) is 0 Å². The van der Waals surface area contributed by atoms with Crippen LogP contribution in [0.4, 0.5) is 13.2 Å². The van der Waals surface area contributed by atoms with Gasteiger partial charge in [0.1, 0.15) is 6.61 Å². The van der Waals surface area contributed by atoms with Gasteiger partial charge in [-0.15, -0.1) is 0 Å². The molecule has 0 fully saturated rings. The van der Waals surface area contributed by atoms with Crippen molar-refractivity contribution in [2.24, 2.45) is 0 Å². The van der Waals surface area contributed by atoms with Gasteiger partial charge in [-0.3, -0.25) is 4.79 Å². The summed E-state index contributed by atoms with van der Waals surface area (Å²) in [4.78, 5) is 12.4. The summed E-state index contributed by atoms with van der Waals surface area (Å²) in [6.45, 7) is 4.32. The van der Waals surface area contributed by atoms with E-state index >= 15 is 0 Å². The van der Waals surface area contributed by atoms with Crippen LogP contribution >= 0.6 is 0 Å². The Hall–Kier alpha value is -3.02. The summed E-state index contributed by atoms with van der Waals surface area (Å²) in [5.41, 5.74) is 1.27. The molecule has 0 atom stereocenters. The summed E-state index contributed by atoms with van der Waals surface area (Å²) in [6.07, 6.45) is 0.310. The van der Waals surface area contributed by atoms with Crippen molar-refractivity contribution in [2.45, 2.75) is 20.0 Å². The molecule has 0 amide bonds. The van der Waals surface area contributed by atoms with Gasteiger partial charge in [0.25, 0.3) is 0 Å². The van der Waals surface area contributed by atoms with Crippen molar-refractivity contribution >= 4 is 11.9 Å². The fourth-order valence-corrected chi connectivity index (χ4v) is 2.29. The van der Waals surface area contributed by atoms with Crippen molar-refractivity contribution < 1.29 is 27.4 Å². The Kier molecular flexibility index (Phi) is 7.04. The molecule has 0 heterocycles. The van der Waals surface area contributed by atoms with Gasteiger partial charge in [-0.1, -0.05) is 23.8 Å². The molecule has 0 aliphatic heterocycles. The number of hydrogen-bond donors (Lipinski definition) is 0. The minimum atomic E-state index is -4.38. The minimum absolute atomic E-state index is 0.297. The Morgan fingerprint density at radius 1 is 1.04 bits per heavy atom. The van der Waals surface area contributed by atoms with Gasteiger partial charge in [0, 0.05) is 5.56 Å². The van der Waals surface area contributed by atoms with E-state index in [-0.39, 0.29) is 5.78 Å². The lowest BCUT2D eigenvalue weighted by molar-refractivity contribution is -0.137. The Bertz CT molecular complexity index is 875. The third-order valence-corrected chi connectivity index (χ3v) is 3.84. The van der Waals surface area contributed by atoms with E-state index in [1.165, 1.54) is 31.4 Å². The second-order valence-corrected chi connectivity index (χ2v) is 6.28. The van der Waals surface area contributed by atoms with E-state index in [0.29, 0.717) is 29.2 Å². The molecule has 6 heteroatoms. The molecule has 0 aromatic heterocycles. The highest BCUT2D eigenvalue weighted by Gasteiger charge is 2.29. The summed E-state index contributed by atoms with van der Waals surface area (Å²) in [5.74, 6) is 0.647. The molecule has 0 aliphatic rings. The van der Waals surface area contributed by atoms with Gasteiger partial charge in [-0.2, -0.15) is 13.2 Å². The largest absolute Gasteiger partial charge is 0.493 e. The molecule has 2 aromatic rings. The molecular weight excluding hydrogens is 369 g/mol. The molecule has 0 spiro atoms. The van der Waals surface area contributed by atoms with E-state index in [0.717, 1.165) is 17.7 Å². The molecule has 2 rings (SSSR count). The number of ketones is 1. The van der Waals surface area contributed by atoms with Crippen molar-refractivity contribution in [3.8, 4) is 11.5 Å². The van der Waals surface area contributed by atoms with E-state index in [2.05, 4.69) is 0 Å². The van der Waals surface area contributed by atoms with Crippen molar-refractivity contribution in [1.82, 2.24) is 0 Å². The number of rotatable bonds is 7. The van der Waals surface area contributed by atoms with E-state index < -0.39 is 11.7 Å². The summed E-state index contributed by atoms with van der Waals surface area (Å²) in [6, 6.07) is 9.41. The van der Waals surface area contributed by atoms with Gasteiger partial charge >= 0.3 is 6.18 Å². The lowest BCUT2D eigenvalue weighted by Crippen LogP contribution is -2.04. The van der Waals surface area contributed by atoms with Gasteiger partial charge in [-0.05, 0) is 61.9 Å². The SMILES string of the molecule is COc1cc(C(=O)/C=C/c2ccc(C(F)(F)F)cc2)ccc1OCC=C(C)C. The summed E-state index contributed by atoms with van der Waals surface area (Å²) in [5, 5.41) is 0. The molecule has 0 saturated heterocycles. The Morgan fingerprint density at radius 3 is 2.29 bits per heavy atom. The third-order valence-electron chi connectivity index (χ3n) is 3.84. The normalized spacial score (nSPS) is 11.4. The number of carbonyl (C=O) groups excluding carboxylic acids is 1. The fraction of sp³-hybridized carbons (Fsp3) is 0.227. The van der Waals surface area contributed by atoms with E-state index in [1.54, 1.807) is 18.2 Å². The lowest BCUT2D eigenvalue weighted by Gasteiger charge is -2.10. The van der Waals surface area contributed by atoms with Crippen LogP contribution in [0, 0.1) is 0 Å². The standard InChI is InChI=1S/C22H21F3O3/c1-15(2)12-13-28-20-11-7-17(14-21(20)27-3)19(26)10-6-16-4-8-18(9-5-16)22(23,24)25/h4-12,14H,13H2,1-3H3/b10-6+. The number of alkyl halides is 3. The van der Waals surface area contributed by atoms with Crippen LogP contribution in [0.15, 0.2) is 60.2 Å². The smallest absolute Gasteiger partial charge is 0.416 e. The monoisotopic (exact) mass is 390 g/mol. The molecule has 0 aliphatic carbocycles. The topological polar surface area (TPSA) is 35.5 Å². The Labute approximate surface area is 162 Å². The third kappa shape index (κ3) is 6.01. The fourth-order valence-electron chi connectivity index (χ4n) is 2.29. The highest BCUT2D eigenvalue weighted by Crippen LogP contribution is 2.30. The first-order valence-electron chi connectivity index (χ1n) is 8.54. The molecule has 0 N–H and O–H groups in total. The summed E-state index contributed by atoms with van der Waals surface area (Å²) in [7, 11) is 1.48. The van der Waals surface area contributed by atoms with Crippen LogP contribution in [0.25, 0.3) is 6.08 Å². The highest BCUT2D eigenvalue weighted by molar-refractivity contribution is 6.07. The maximum Gasteiger partial charge on any atom is 0.416 e. The predicted octanol–water partition coefficient (Wildman–Crippen LogP) is 5.96. The van der Waals surface area contributed by atoms with Crippen LogP contribution in [0.5, 0.6) is 11.5 Å². The van der Waals surface area contributed by atoms with Gasteiger partial charge in [-0.25, -0.2) is 0 Å². The van der Waals surface area contributed by atoms with E-state index in [4.69, 9.17) is 9.47 Å². The minimum Gasteiger partial charge on any atom is -0.493 e. The molecule has 0 radical (unpaired) electrons. The number of carbonyl (C=O) groups is 1. The number of ether oxygens (including phenoxy) is 2. The van der Waals surface area contributed by atoms with Crippen LogP contribution in [-0.2, 0) is 6.18 Å². The van der Waals surface area contributed by atoms with Crippen molar-refractivity contribution in [2.75, 3.05) is 13.7 Å². The highest BCUT2D eigenvalue weighted by atomic mass is 19.4. The molecule has 0 unspecified atom stereocenters. The molecule has 0 saturated carbocycles. The molecule has 0 bridgehead atoms. The van der Waals surface area contributed by atoms with Crippen LogP contribution < -0.4 is 9.47 Å². The molecule has 28 heavy (non-hydrogen) atoms. The maximum absolute atomic E-state index is 12.6. The first-order chi connectivity index (χ1) is 13.2. The predicted molar refractivity (Wildman–Crippen MR) is 103 cm³/mol. The molecule has 2 aromatic carbocycles. The number of halogens is 3. The zero-order chi connectivity index (χ0) is 20.7. The van der Waals surface area contributed by atoms with Crippen LogP contribution in [0.2, 0.25) is 0 Å². The van der Waals surface area contributed by atoms with Crippen LogP contribution in [-0.4, -0.2) is 19.5 Å². The quantitative estimate of drug-likeness (QED) is 0.333. The lowest BCUT2D eigenvalue weighted by atomic mass is 10.1. The number of hydrogen-bond acceptors (Lipinski definition) is 3. The second kappa shape index (κ2) is 9.26. The van der Waals surface area contributed by atoms with Crippen molar-refractivity contribution in [3.05, 3.63) is 76.9 Å². The zero-order valence-electron chi connectivity index (χ0n) is 15.8. The number of methoxy groups -OCH3 is 1.